The Morgan fingerprint density at radius 1 is 1.00 bits per heavy atom. The van der Waals surface area contributed by atoms with Crippen molar-refractivity contribution in [1.29, 1.82) is 0 Å². The van der Waals surface area contributed by atoms with E-state index in [1.54, 1.807) is 11.4 Å². The quantitative estimate of drug-likeness (QED) is 0.375. The molecule has 9 nitrogen and oxygen atoms in total. The fourth-order valence-electron chi connectivity index (χ4n) is 6.65. The van der Waals surface area contributed by atoms with Crippen molar-refractivity contribution in [3.63, 3.8) is 0 Å². The number of nitrogens with zero attached hydrogens (tertiary/aromatic N) is 4. The zero-order valence-electron chi connectivity index (χ0n) is 26.0. The van der Waals surface area contributed by atoms with E-state index in [1.807, 2.05) is 33.0 Å². The zero-order chi connectivity index (χ0) is 29.4. The average Bonchev–Trinajstić information content (AvgIpc) is 2.96. The summed E-state index contributed by atoms with van der Waals surface area (Å²) < 4.78 is 25.8. The van der Waals surface area contributed by atoms with Gasteiger partial charge in [0.1, 0.15) is 23.3 Å². The van der Waals surface area contributed by atoms with Gasteiger partial charge >= 0.3 is 0 Å². The number of carbonyl (C=O) groups excluding carboxylic acids is 1. The number of piperidine rings is 1. The van der Waals surface area contributed by atoms with Gasteiger partial charge in [-0.25, -0.2) is 8.51 Å². The van der Waals surface area contributed by atoms with Gasteiger partial charge in [0.25, 0.3) is 0 Å². The summed E-state index contributed by atoms with van der Waals surface area (Å²) >= 11 is 0. The van der Waals surface area contributed by atoms with E-state index in [0.717, 1.165) is 53.4 Å². The lowest BCUT2D eigenvalue weighted by molar-refractivity contribution is -0.126. The molecule has 2 saturated heterocycles. The van der Waals surface area contributed by atoms with Gasteiger partial charge in [0, 0.05) is 58.4 Å². The lowest BCUT2D eigenvalue weighted by atomic mass is 9.87. The summed E-state index contributed by atoms with van der Waals surface area (Å²) in [6.45, 7) is 13.3. The van der Waals surface area contributed by atoms with Crippen molar-refractivity contribution in [2.75, 3.05) is 86.8 Å². The largest absolute Gasteiger partial charge is 0.497 e. The van der Waals surface area contributed by atoms with Gasteiger partial charge in [0.05, 0.1) is 18.6 Å². The Balaban J connectivity index is 1.07. The Bertz CT molecular complexity index is 979. The van der Waals surface area contributed by atoms with E-state index in [1.165, 1.54) is 58.7 Å². The summed E-state index contributed by atoms with van der Waals surface area (Å²) in [6, 6.07) is 4.72. The molecule has 2 heterocycles. The van der Waals surface area contributed by atoms with E-state index in [9.17, 15) is 9.00 Å². The van der Waals surface area contributed by atoms with Crippen LogP contribution in [-0.2, 0) is 20.5 Å². The molecule has 10 heteroatoms. The minimum absolute atomic E-state index is 0.0435. The van der Waals surface area contributed by atoms with Crippen molar-refractivity contribution in [3.05, 3.63) is 23.3 Å². The number of likely N-dealkylation sites (N-methyl/N-ethyl adjacent to an activating group) is 2. The molecule has 4 rings (SSSR count). The average molecular weight is 592 g/mol. The molecule has 0 radical (unpaired) electrons. The van der Waals surface area contributed by atoms with Crippen LogP contribution < -0.4 is 10.1 Å². The molecule has 2 aliphatic heterocycles. The van der Waals surface area contributed by atoms with Gasteiger partial charge in [-0.2, -0.15) is 0 Å². The third-order valence-corrected chi connectivity index (χ3v) is 11.0. The summed E-state index contributed by atoms with van der Waals surface area (Å²) in [5.74, 6) is 1.56. The zero-order valence-corrected chi connectivity index (χ0v) is 26.8. The van der Waals surface area contributed by atoms with Gasteiger partial charge in [-0.3, -0.25) is 4.79 Å². The first-order valence-electron chi connectivity index (χ1n) is 15.5. The number of piperazine rings is 1. The molecule has 1 aliphatic carbocycles. The van der Waals surface area contributed by atoms with Gasteiger partial charge in [0.15, 0.2) is 0 Å². The molecule has 1 amide bonds. The number of nitrogens with one attached hydrogen (secondary N) is 1. The van der Waals surface area contributed by atoms with Crippen molar-refractivity contribution in [2.24, 2.45) is 5.92 Å². The molecular formula is C31H53N5O4S. The Hall–Kier alpha value is -1.56. The topological polar surface area (TPSA) is 77.6 Å². The smallest absolute Gasteiger partial charge is 0.246 e. The number of hydrogen-bond donors (Lipinski definition) is 1. The predicted molar refractivity (Wildman–Crippen MR) is 165 cm³/mol. The molecule has 1 aromatic carbocycles. The normalized spacial score (nSPS) is 24.4. The summed E-state index contributed by atoms with van der Waals surface area (Å²) in [6.07, 6.45) is 7.05. The number of benzene rings is 1. The van der Waals surface area contributed by atoms with Crippen LogP contribution in [0.2, 0.25) is 0 Å². The molecule has 0 aromatic heterocycles. The molecular weight excluding hydrogens is 538 g/mol. The van der Waals surface area contributed by atoms with Crippen molar-refractivity contribution < 1.29 is 18.5 Å². The van der Waals surface area contributed by atoms with Crippen molar-refractivity contribution >= 4 is 16.9 Å². The van der Waals surface area contributed by atoms with E-state index >= 15 is 0 Å². The van der Waals surface area contributed by atoms with E-state index in [0.29, 0.717) is 19.2 Å². The summed E-state index contributed by atoms with van der Waals surface area (Å²) in [4.78, 5) is 21.1. The molecule has 3 aliphatic rings. The maximum Gasteiger partial charge on any atom is 0.246 e. The van der Waals surface area contributed by atoms with Crippen molar-refractivity contribution in [1.82, 2.24) is 24.3 Å². The monoisotopic (exact) mass is 591 g/mol. The van der Waals surface area contributed by atoms with Gasteiger partial charge in [-0.15, -0.1) is 0 Å². The summed E-state index contributed by atoms with van der Waals surface area (Å²) in [7, 11) is 4.37. The van der Waals surface area contributed by atoms with Crippen LogP contribution in [0.1, 0.15) is 49.7 Å². The van der Waals surface area contributed by atoms with Crippen LogP contribution in [0.25, 0.3) is 0 Å². The van der Waals surface area contributed by atoms with E-state index in [-0.39, 0.29) is 18.6 Å². The molecule has 1 atom stereocenters. The lowest BCUT2D eigenvalue weighted by Crippen LogP contribution is -2.49. The van der Waals surface area contributed by atoms with Crippen LogP contribution in [-0.4, -0.2) is 128 Å². The molecule has 3 fully saturated rings. The van der Waals surface area contributed by atoms with Gasteiger partial charge in [-0.05, 0) is 102 Å². The Labute approximate surface area is 250 Å². The van der Waals surface area contributed by atoms with E-state index in [2.05, 4.69) is 27.1 Å². The Morgan fingerprint density at radius 3 is 2.24 bits per heavy atom. The second-order valence-corrected chi connectivity index (χ2v) is 13.9. The Kier molecular flexibility index (Phi) is 12.5. The maximum atomic E-state index is 13.1. The van der Waals surface area contributed by atoms with Crippen LogP contribution in [0.15, 0.2) is 17.0 Å². The van der Waals surface area contributed by atoms with Crippen LogP contribution in [0, 0.1) is 19.8 Å². The highest BCUT2D eigenvalue weighted by atomic mass is 32.2. The van der Waals surface area contributed by atoms with Gasteiger partial charge in [0.2, 0.25) is 5.91 Å². The number of methoxy groups -OCH3 is 1. The van der Waals surface area contributed by atoms with Crippen LogP contribution in [0.3, 0.4) is 0 Å². The number of amides is 1. The fourth-order valence-corrected chi connectivity index (χ4v) is 7.87. The number of hydrogen-bond acceptors (Lipinski definition) is 7. The number of carbonyl (C=O) groups is 1. The van der Waals surface area contributed by atoms with Gasteiger partial charge in [-0.1, -0.05) is 0 Å². The molecule has 232 valence electrons. The molecule has 1 aromatic rings. The minimum Gasteiger partial charge on any atom is -0.497 e. The van der Waals surface area contributed by atoms with Crippen LogP contribution >= 0.6 is 0 Å². The first kappa shape index (κ1) is 32.4. The number of aryl methyl sites for hydroxylation is 2. The maximum absolute atomic E-state index is 13.1. The first-order valence-corrected chi connectivity index (χ1v) is 16.6. The number of rotatable bonds is 12. The molecule has 1 N–H and O–H groups in total. The highest BCUT2D eigenvalue weighted by molar-refractivity contribution is 7.82. The highest BCUT2D eigenvalue weighted by Crippen LogP contribution is 2.28. The van der Waals surface area contributed by atoms with E-state index < -0.39 is 11.0 Å². The third kappa shape index (κ3) is 9.46. The molecule has 1 saturated carbocycles. The number of ether oxygens (including phenoxy) is 2. The summed E-state index contributed by atoms with van der Waals surface area (Å²) in [5, 5.41) is 3.18. The molecule has 0 bridgehead atoms. The first-order chi connectivity index (χ1) is 19.7. The van der Waals surface area contributed by atoms with Crippen LogP contribution in [0.5, 0.6) is 5.75 Å². The molecule has 0 spiro atoms. The third-order valence-electron chi connectivity index (χ3n) is 9.25. The second kappa shape index (κ2) is 15.8. The second-order valence-electron chi connectivity index (χ2n) is 12.4. The van der Waals surface area contributed by atoms with Crippen molar-refractivity contribution in [3.8, 4) is 5.75 Å². The lowest BCUT2D eigenvalue weighted by Gasteiger charge is -2.42. The fraction of sp³-hybridized carbons (Fsp3) is 0.774. The van der Waals surface area contributed by atoms with Crippen molar-refractivity contribution in [2.45, 2.75) is 69.4 Å². The predicted octanol–water partition coefficient (Wildman–Crippen LogP) is 2.67. The van der Waals surface area contributed by atoms with Crippen LogP contribution in [0.4, 0.5) is 0 Å². The molecule has 1 unspecified atom stereocenters. The SMILES string of the molecule is COc1cc(C)c(S(=O)N(C)CCOCC(=O)NC2CCC(N3CCC(CN4CCN(C)CC4)CC3)CC2)c(C)c1. The standard InChI is InChI=1S/C31H53N5O4S/c1-24-20-29(39-5)21-25(2)31(24)41(38)34(4)18-19-40-23-30(37)32-27-6-8-28(9-7-27)36-12-10-26(11-13-36)22-35-16-14-33(3)15-17-35/h20-21,26-28H,6-19,22-23H2,1-5H3,(H,32,37). The minimum atomic E-state index is -1.30. The summed E-state index contributed by atoms with van der Waals surface area (Å²) in [5.41, 5.74) is 1.88. The van der Waals surface area contributed by atoms with Gasteiger partial charge < -0.3 is 29.5 Å². The Morgan fingerprint density at radius 2 is 1.63 bits per heavy atom. The van der Waals surface area contributed by atoms with E-state index in [4.69, 9.17) is 9.47 Å². The highest BCUT2D eigenvalue weighted by Gasteiger charge is 2.30. The number of likely N-dealkylation sites (tertiary alicyclic amines) is 1. The molecule has 41 heavy (non-hydrogen) atoms.